The molecule has 4 aromatic heterocycles. The number of halogens is 1. The zero-order chi connectivity index (χ0) is 63.5. The highest BCUT2D eigenvalue weighted by molar-refractivity contribution is 14.1. The summed E-state index contributed by atoms with van der Waals surface area (Å²) >= 11 is 2.36. The molecule has 6 heterocycles. The van der Waals surface area contributed by atoms with Crippen molar-refractivity contribution in [2.75, 3.05) is 75.6 Å². The standard InChI is InChI=1S/C39H36N4O2.C30H25IN2O.C9H12BN2O3/c1-4-10-31(11-5-1)39(32-12-6-2-7-13-32,33-14-8-3-9-15-33)43-36-19-18-34(45-28-29-16-17-29)27-35(36)38(41-43)30-20-21-40-37(26-30)42-22-24-44-25-23-42;31-29-27-20-26(34-21-22-16-17-22)18-19-28(27)33(32-29)30(23-10-4-1-5-11-23,24-12-6-2-7-13-24)25-14-8-3-9-15-25;13-10-15-8-1-2-11-9(7-8)12-3-5-14-6-4-12/h1-15,18-21,26-27,29H,16-17,22-25,28H2;1-15,18-20,22H,16-17,21H2;1-2,7,13H,3-6H2. The van der Waals surface area contributed by atoms with Gasteiger partial charge in [-0.2, -0.15) is 10.2 Å². The molecule has 0 unspecified atom stereocenters. The first-order valence-corrected chi connectivity index (χ1v) is 33.6. The van der Waals surface area contributed by atoms with Crippen LogP contribution >= 0.6 is 22.6 Å². The molecule has 471 valence electrons. The number of hydrogen-bond acceptors (Lipinski definition) is 12. The van der Waals surface area contributed by atoms with Gasteiger partial charge in [0.05, 0.1) is 50.7 Å². The van der Waals surface area contributed by atoms with E-state index in [-0.39, 0.29) is 0 Å². The van der Waals surface area contributed by atoms with Gasteiger partial charge in [0.15, 0.2) is 0 Å². The summed E-state index contributed by atoms with van der Waals surface area (Å²) in [5.74, 6) is 5.55. The van der Waals surface area contributed by atoms with E-state index in [0.29, 0.717) is 32.6 Å². The smallest absolute Gasteiger partial charge is 0.537 e. The Balaban J connectivity index is 0.000000137. The summed E-state index contributed by atoms with van der Waals surface area (Å²) in [5.41, 5.74) is 9.60. The lowest BCUT2D eigenvalue weighted by Gasteiger charge is -2.37. The molecule has 0 spiro atoms. The predicted molar refractivity (Wildman–Crippen MR) is 380 cm³/mol. The fourth-order valence-electron chi connectivity index (χ4n) is 12.9. The highest BCUT2D eigenvalue weighted by atomic mass is 127. The SMILES string of the molecule is Ic1nn(C(c2ccccc2)(c2ccccc2)c2ccccc2)c2ccc(OCC3CC3)cc12.O[B]Oc1ccnc(N2CCOCC2)c1.c1ccc(C(c2ccccc2)(c2ccccc2)n2nc(-c3ccnc(N4CCOCC4)c3)c3cc(OCC4CC4)ccc32)cc1. The van der Waals surface area contributed by atoms with E-state index in [1.807, 2.05) is 6.20 Å². The second kappa shape index (κ2) is 28.9. The van der Waals surface area contributed by atoms with Gasteiger partial charge in [0.1, 0.15) is 49.4 Å². The first kappa shape index (κ1) is 62.1. The van der Waals surface area contributed by atoms with Gasteiger partial charge in [0.25, 0.3) is 0 Å². The number of fused-ring (bicyclic) bond motifs is 2. The predicted octanol–water partition coefficient (Wildman–Crippen LogP) is 14.7. The number of ether oxygens (including phenoxy) is 4. The number of aromatic nitrogens is 6. The number of rotatable bonds is 19. The van der Waals surface area contributed by atoms with Crippen molar-refractivity contribution in [3.05, 3.63) is 292 Å². The van der Waals surface area contributed by atoms with Crippen molar-refractivity contribution < 1.29 is 28.6 Å². The largest absolute Gasteiger partial charge is 0.569 e. The molecule has 2 saturated heterocycles. The average molecular weight is 1360 g/mol. The lowest BCUT2D eigenvalue weighted by Crippen LogP contribution is -2.38. The van der Waals surface area contributed by atoms with Crippen LogP contribution in [0.25, 0.3) is 33.1 Å². The van der Waals surface area contributed by atoms with Gasteiger partial charge in [-0.3, -0.25) is 0 Å². The van der Waals surface area contributed by atoms with Gasteiger partial charge in [-0.15, -0.1) is 0 Å². The van der Waals surface area contributed by atoms with Crippen LogP contribution in [0.3, 0.4) is 0 Å². The van der Waals surface area contributed by atoms with E-state index in [1.54, 1.807) is 18.3 Å². The summed E-state index contributed by atoms with van der Waals surface area (Å²) in [5, 5.41) is 21.5. The van der Waals surface area contributed by atoms with Crippen LogP contribution in [-0.2, 0) is 20.6 Å². The molecule has 16 rings (SSSR count). The summed E-state index contributed by atoms with van der Waals surface area (Å²) in [7, 11) is 0.665. The molecule has 2 aliphatic carbocycles. The van der Waals surface area contributed by atoms with Crippen molar-refractivity contribution >= 4 is 63.7 Å². The highest BCUT2D eigenvalue weighted by Crippen LogP contribution is 2.47. The van der Waals surface area contributed by atoms with E-state index >= 15 is 0 Å². The molecule has 0 atom stereocenters. The third-order valence-electron chi connectivity index (χ3n) is 18.0. The second-order valence-electron chi connectivity index (χ2n) is 24.1. The molecular weight excluding hydrogens is 1280 g/mol. The molecule has 2 aliphatic heterocycles. The molecule has 4 fully saturated rings. The summed E-state index contributed by atoms with van der Waals surface area (Å²) < 4.78 is 33.6. The van der Waals surface area contributed by atoms with Crippen LogP contribution in [0.2, 0.25) is 0 Å². The van der Waals surface area contributed by atoms with Crippen molar-refractivity contribution in [2.24, 2.45) is 11.8 Å². The number of benzene rings is 8. The van der Waals surface area contributed by atoms with Crippen LogP contribution in [0.15, 0.2) is 255 Å². The molecule has 1 N–H and O–H groups in total. The Hall–Kier alpha value is -9.33. The van der Waals surface area contributed by atoms with Crippen LogP contribution in [0.4, 0.5) is 11.6 Å². The first-order chi connectivity index (χ1) is 46.5. The van der Waals surface area contributed by atoms with E-state index in [4.69, 9.17) is 43.8 Å². The van der Waals surface area contributed by atoms with Gasteiger partial charge in [-0.05, 0) is 148 Å². The quantitative estimate of drug-likeness (QED) is 0.0469. The van der Waals surface area contributed by atoms with E-state index in [9.17, 15) is 0 Å². The Bertz CT molecular complexity index is 4230. The van der Waals surface area contributed by atoms with Gasteiger partial charge < -0.3 is 38.4 Å². The Morgan fingerprint density at radius 1 is 0.436 bits per heavy atom. The maximum atomic E-state index is 8.52. The Kier molecular flexibility index (Phi) is 19.1. The minimum Gasteiger partial charge on any atom is -0.537 e. The summed E-state index contributed by atoms with van der Waals surface area (Å²) in [4.78, 5) is 13.4. The lowest BCUT2D eigenvalue weighted by atomic mass is 9.77. The van der Waals surface area contributed by atoms with Crippen LogP contribution in [0.5, 0.6) is 17.2 Å². The monoisotopic (exact) mass is 1360 g/mol. The number of pyridine rings is 2. The molecular formula is C78H73BIN8O6. The Morgan fingerprint density at radius 2 is 0.819 bits per heavy atom. The van der Waals surface area contributed by atoms with E-state index in [0.717, 1.165) is 135 Å². The highest BCUT2D eigenvalue weighted by Gasteiger charge is 2.43. The maximum Gasteiger partial charge on any atom is 0.569 e. The number of morpholine rings is 2. The molecule has 0 amide bonds. The maximum absolute atomic E-state index is 8.52. The molecule has 14 nitrogen and oxygen atoms in total. The number of anilines is 2. The minimum absolute atomic E-state index is 0.578. The van der Waals surface area contributed by atoms with Crippen molar-refractivity contribution in [3.63, 3.8) is 0 Å². The van der Waals surface area contributed by atoms with Gasteiger partial charge in [0.2, 0.25) is 0 Å². The van der Waals surface area contributed by atoms with E-state index in [1.165, 1.54) is 42.4 Å². The Labute approximate surface area is 563 Å². The van der Waals surface area contributed by atoms with E-state index in [2.05, 4.69) is 277 Å². The normalized spacial score (nSPS) is 14.9. The molecule has 4 aliphatic rings. The van der Waals surface area contributed by atoms with Gasteiger partial charge in [-0.25, -0.2) is 19.3 Å². The van der Waals surface area contributed by atoms with Crippen LogP contribution in [0.1, 0.15) is 59.1 Å². The van der Waals surface area contributed by atoms with Crippen molar-refractivity contribution in [2.45, 2.75) is 36.8 Å². The van der Waals surface area contributed by atoms with Gasteiger partial charge >= 0.3 is 7.69 Å². The van der Waals surface area contributed by atoms with Crippen LogP contribution in [-0.4, -0.2) is 108 Å². The number of hydrogen-bond donors (Lipinski definition) is 1. The lowest BCUT2D eigenvalue weighted by molar-refractivity contribution is 0.122. The average Bonchev–Trinajstić information content (AvgIpc) is 1.44. The van der Waals surface area contributed by atoms with Gasteiger partial charge in [0, 0.05) is 61.0 Å². The van der Waals surface area contributed by atoms with Crippen molar-refractivity contribution in [1.82, 2.24) is 29.5 Å². The van der Waals surface area contributed by atoms with Crippen LogP contribution in [0, 0.1) is 15.5 Å². The third kappa shape index (κ3) is 13.3. The minimum atomic E-state index is -0.739. The molecule has 2 saturated carbocycles. The number of nitrogens with zero attached hydrogens (tertiary/aromatic N) is 8. The van der Waals surface area contributed by atoms with Crippen molar-refractivity contribution in [3.8, 4) is 28.5 Å². The summed E-state index contributed by atoms with van der Waals surface area (Å²) in [6.07, 6.45) is 8.62. The summed E-state index contributed by atoms with van der Waals surface area (Å²) in [6.45, 7) is 7.73. The molecule has 94 heavy (non-hydrogen) atoms. The summed E-state index contributed by atoms with van der Waals surface area (Å²) in [6, 6.07) is 84.8. The third-order valence-corrected chi connectivity index (χ3v) is 18.8. The zero-order valence-corrected chi connectivity index (χ0v) is 54.5. The fourth-order valence-corrected chi connectivity index (χ4v) is 13.5. The molecule has 12 aromatic rings. The van der Waals surface area contributed by atoms with Gasteiger partial charge in [-0.1, -0.05) is 182 Å². The van der Waals surface area contributed by atoms with Crippen LogP contribution < -0.4 is 23.9 Å². The van der Waals surface area contributed by atoms with E-state index < -0.39 is 11.1 Å². The zero-order valence-electron chi connectivity index (χ0n) is 52.3. The molecule has 0 bridgehead atoms. The topological polar surface area (TPSA) is 134 Å². The Morgan fingerprint density at radius 3 is 1.23 bits per heavy atom. The fraction of sp³-hybridized carbons (Fsp3) is 0.231. The second-order valence-corrected chi connectivity index (χ2v) is 25.1. The molecule has 1 radical (unpaired) electrons. The first-order valence-electron chi connectivity index (χ1n) is 32.5. The molecule has 8 aromatic carbocycles. The van der Waals surface area contributed by atoms with Crippen molar-refractivity contribution in [1.29, 1.82) is 0 Å². The molecule has 16 heteroatoms.